The highest BCUT2D eigenvalue weighted by Crippen LogP contribution is 2.21. The van der Waals surface area contributed by atoms with Gasteiger partial charge in [-0.25, -0.2) is 4.98 Å². The van der Waals surface area contributed by atoms with Crippen LogP contribution in [-0.2, 0) is 13.1 Å². The lowest BCUT2D eigenvalue weighted by Crippen LogP contribution is -2.12. The van der Waals surface area contributed by atoms with Crippen LogP contribution in [0.3, 0.4) is 0 Å². The molecule has 0 aliphatic rings. The molecule has 0 fully saturated rings. The largest absolute Gasteiger partial charge is 0.496 e. The molecule has 2 rings (SSSR count). The number of ether oxygens (including phenoxy) is 1. The Morgan fingerprint density at radius 3 is 2.84 bits per heavy atom. The summed E-state index contributed by atoms with van der Waals surface area (Å²) < 4.78 is 7.56. The number of methoxy groups -OCH3 is 1. The molecule has 1 N–H and O–H groups in total. The number of hydrogen-bond donors (Lipinski definition) is 1. The summed E-state index contributed by atoms with van der Waals surface area (Å²) in [4.78, 5) is 4.25. The first kappa shape index (κ1) is 13.6. The Morgan fingerprint density at radius 2 is 2.21 bits per heavy atom. The van der Waals surface area contributed by atoms with E-state index in [1.165, 1.54) is 11.1 Å². The Hall–Kier alpha value is -1.81. The van der Waals surface area contributed by atoms with Crippen LogP contribution >= 0.6 is 0 Å². The Morgan fingerprint density at radius 1 is 1.37 bits per heavy atom. The van der Waals surface area contributed by atoms with E-state index < -0.39 is 0 Å². The molecule has 1 aromatic carbocycles. The van der Waals surface area contributed by atoms with Crippen molar-refractivity contribution < 1.29 is 4.74 Å². The molecule has 0 atom stereocenters. The van der Waals surface area contributed by atoms with Crippen molar-refractivity contribution >= 4 is 0 Å². The summed E-state index contributed by atoms with van der Waals surface area (Å²) in [7, 11) is 1.71. The van der Waals surface area contributed by atoms with Crippen molar-refractivity contribution in [3.05, 3.63) is 47.5 Å². The van der Waals surface area contributed by atoms with E-state index in [9.17, 15) is 0 Å². The predicted molar refractivity (Wildman–Crippen MR) is 76.4 cm³/mol. The molecule has 102 valence electrons. The van der Waals surface area contributed by atoms with Crippen LogP contribution < -0.4 is 10.1 Å². The van der Waals surface area contributed by atoms with E-state index in [0.29, 0.717) is 0 Å². The molecule has 0 spiro atoms. The molecule has 0 bridgehead atoms. The average Bonchev–Trinajstić information content (AvgIpc) is 2.82. The Labute approximate surface area is 114 Å². The molecule has 2 aromatic rings. The van der Waals surface area contributed by atoms with Crippen molar-refractivity contribution in [2.24, 2.45) is 0 Å². The maximum absolute atomic E-state index is 5.44. The van der Waals surface area contributed by atoms with E-state index >= 15 is 0 Å². The summed E-state index contributed by atoms with van der Waals surface area (Å²) in [6.07, 6.45) is 3.82. The number of benzene rings is 1. The van der Waals surface area contributed by atoms with Crippen LogP contribution in [-0.4, -0.2) is 23.2 Å². The minimum Gasteiger partial charge on any atom is -0.496 e. The number of rotatable bonds is 6. The first-order valence-corrected chi connectivity index (χ1v) is 6.58. The SMILES string of the molecule is CCNCc1ccc(OC)c(Cn2ccnc2C)c1. The van der Waals surface area contributed by atoms with Gasteiger partial charge in [-0.05, 0) is 31.2 Å². The maximum atomic E-state index is 5.44. The smallest absolute Gasteiger partial charge is 0.123 e. The van der Waals surface area contributed by atoms with Gasteiger partial charge in [0.15, 0.2) is 0 Å². The number of nitrogens with zero attached hydrogens (tertiary/aromatic N) is 2. The van der Waals surface area contributed by atoms with Crippen molar-refractivity contribution in [1.82, 2.24) is 14.9 Å². The zero-order valence-electron chi connectivity index (χ0n) is 11.8. The topological polar surface area (TPSA) is 39.1 Å². The fourth-order valence-electron chi connectivity index (χ4n) is 2.09. The summed E-state index contributed by atoms with van der Waals surface area (Å²) in [6, 6.07) is 6.33. The summed E-state index contributed by atoms with van der Waals surface area (Å²) in [5, 5.41) is 3.34. The molecular weight excluding hydrogens is 238 g/mol. The van der Waals surface area contributed by atoms with Crippen molar-refractivity contribution in [3.8, 4) is 5.75 Å². The Balaban J connectivity index is 2.23. The van der Waals surface area contributed by atoms with Crippen LogP contribution in [0.1, 0.15) is 23.9 Å². The molecule has 4 nitrogen and oxygen atoms in total. The van der Waals surface area contributed by atoms with Crippen molar-refractivity contribution in [2.45, 2.75) is 26.9 Å². The maximum Gasteiger partial charge on any atom is 0.123 e. The second kappa shape index (κ2) is 6.38. The highest BCUT2D eigenvalue weighted by atomic mass is 16.5. The molecule has 1 aromatic heterocycles. The van der Waals surface area contributed by atoms with E-state index in [4.69, 9.17) is 4.74 Å². The summed E-state index contributed by atoms with van der Waals surface area (Å²) in [5.41, 5.74) is 2.45. The molecule has 4 heteroatoms. The van der Waals surface area contributed by atoms with Gasteiger partial charge in [0.1, 0.15) is 11.6 Å². The standard InChI is InChI=1S/C15H21N3O/c1-4-16-10-13-5-6-15(19-3)14(9-13)11-18-8-7-17-12(18)2/h5-9,16H,4,10-11H2,1-3H3. The Kier molecular flexibility index (Phi) is 4.58. The predicted octanol–water partition coefficient (Wildman–Crippen LogP) is 2.36. The van der Waals surface area contributed by atoms with Gasteiger partial charge >= 0.3 is 0 Å². The molecule has 0 aliphatic heterocycles. The number of aromatic nitrogens is 2. The summed E-state index contributed by atoms with van der Waals surface area (Å²) >= 11 is 0. The number of aryl methyl sites for hydroxylation is 1. The zero-order chi connectivity index (χ0) is 13.7. The second-order valence-corrected chi connectivity index (χ2v) is 4.53. The fraction of sp³-hybridized carbons (Fsp3) is 0.400. The fourth-order valence-corrected chi connectivity index (χ4v) is 2.09. The van der Waals surface area contributed by atoms with Crippen LogP contribution in [0.2, 0.25) is 0 Å². The first-order chi connectivity index (χ1) is 9.24. The van der Waals surface area contributed by atoms with Crippen LogP contribution in [0.5, 0.6) is 5.75 Å². The second-order valence-electron chi connectivity index (χ2n) is 4.53. The lowest BCUT2D eigenvalue weighted by molar-refractivity contribution is 0.408. The monoisotopic (exact) mass is 259 g/mol. The van der Waals surface area contributed by atoms with Crippen LogP contribution in [0, 0.1) is 6.92 Å². The molecule has 1 heterocycles. The van der Waals surface area contributed by atoms with Gasteiger partial charge < -0.3 is 14.6 Å². The minimum absolute atomic E-state index is 0.787. The van der Waals surface area contributed by atoms with E-state index in [-0.39, 0.29) is 0 Å². The van der Waals surface area contributed by atoms with Gasteiger partial charge in [0.2, 0.25) is 0 Å². The van der Waals surface area contributed by atoms with Gasteiger partial charge in [-0.2, -0.15) is 0 Å². The lowest BCUT2D eigenvalue weighted by Gasteiger charge is -2.12. The van der Waals surface area contributed by atoms with Gasteiger partial charge in [0.05, 0.1) is 13.7 Å². The highest BCUT2D eigenvalue weighted by Gasteiger charge is 2.06. The van der Waals surface area contributed by atoms with Crippen LogP contribution in [0.15, 0.2) is 30.6 Å². The Bertz CT molecular complexity index is 534. The molecule has 0 saturated heterocycles. The number of hydrogen-bond acceptors (Lipinski definition) is 3. The molecule has 19 heavy (non-hydrogen) atoms. The lowest BCUT2D eigenvalue weighted by atomic mass is 10.1. The normalized spacial score (nSPS) is 10.7. The van der Waals surface area contributed by atoms with Crippen molar-refractivity contribution in [3.63, 3.8) is 0 Å². The summed E-state index contributed by atoms with van der Waals surface area (Å²) in [6.45, 7) is 6.77. The van der Waals surface area contributed by atoms with Gasteiger partial charge in [-0.1, -0.05) is 13.0 Å². The molecular formula is C15H21N3O. The first-order valence-electron chi connectivity index (χ1n) is 6.58. The van der Waals surface area contributed by atoms with Gasteiger partial charge in [-0.15, -0.1) is 0 Å². The molecule has 0 aliphatic carbocycles. The highest BCUT2D eigenvalue weighted by molar-refractivity contribution is 5.37. The third-order valence-corrected chi connectivity index (χ3v) is 3.19. The zero-order valence-corrected chi connectivity index (χ0v) is 11.8. The van der Waals surface area contributed by atoms with E-state index in [0.717, 1.165) is 31.2 Å². The number of nitrogens with one attached hydrogen (secondary N) is 1. The van der Waals surface area contributed by atoms with E-state index in [1.54, 1.807) is 7.11 Å². The molecule has 0 saturated carbocycles. The third-order valence-electron chi connectivity index (χ3n) is 3.19. The minimum atomic E-state index is 0.787. The average molecular weight is 259 g/mol. The molecule has 0 unspecified atom stereocenters. The molecule has 0 amide bonds. The number of imidazole rings is 1. The van der Waals surface area contributed by atoms with Crippen molar-refractivity contribution in [1.29, 1.82) is 0 Å². The van der Waals surface area contributed by atoms with E-state index in [1.807, 2.05) is 25.4 Å². The van der Waals surface area contributed by atoms with Crippen molar-refractivity contribution in [2.75, 3.05) is 13.7 Å². The van der Waals surface area contributed by atoms with Gasteiger partial charge in [0.25, 0.3) is 0 Å². The van der Waals surface area contributed by atoms with Crippen LogP contribution in [0.4, 0.5) is 0 Å². The van der Waals surface area contributed by atoms with Crippen LogP contribution in [0.25, 0.3) is 0 Å². The van der Waals surface area contributed by atoms with Gasteiger partial charge in [-0.3, -0.25) is 0 Å². The molecule has 0 radical (unpaired) electrons. The quantitative estimate of drug-likeness (QED) is 0.865. The van der Waals surface area contributed by atoms with E-state index in [2.05, 4.69) is 33.9 Å². The third kappa shape index (κ3) is 3.35. The van der Waals surface area contributed by atoms with Gasteiger partial charge in [0, 0.05) is 24.5 Å². The summed E-state index contributed by atoms with van der Waals surface area (Å²) in [5.74, 6) is 1.94.